The van der Waals surface area contributed by atoms with Crippen molar-refractivity contribution >= 4 is 11.8 Å². The van der Waals surface area contributed by atoms with E-state index >= 15 is 0 Å². The van der Waals surface area contributed by atoms with Gasteiger partial charge in [0.25, 0.3) is 5.56 Å². The molecular weight excluding hydrogens is 264 g/mol. The molecule has 0 bridgehead atoms. The van der Waals surface area contributed by atoms with Crippen LogP contribution in [0.5, 0.6) is 0 Å². The highest BCUT2D eigenvalue weighted by atomic mass is 32.2. The first-order chi connectivity index (χ1) is 9.13. The third kappa shape index (κ3) is 4.94. The largest absolute Gasteiger partial charge is 0.391 e. The van der Waals surface area contributed by atoms with E-state index in [4.69, 9.17) is 0 Å². The number of aliphatic hydroxyl groups excluding tert-OH is 1. The van der Waals surface area contributed by atoms with Gasteiger partial charge in [-0.3, -0.25) is 9.69 Å². The molecule has 0 spiro atoms. The number of hydrogen-bond donors (Lipinski definition) is 3. The van der Waals surface area contributed by atoms with Crippen molar-refractivity contribution < 1.29 is 5.11 Å². The molecular formula is C12H20N4O2S. The van der Waals surface area contributed by atoms with Crippen LogP contribution in [0.15, 0.2) is 16.0 Å². The highest BCUT2D eigenvalue weighted by molar-refractivity contribution is 7.99. The van der Waals surface area contributed by atoms with E-state index in [0.29, 0.717) is 23.1 Å². The van der Waals surface area contributed by atoms with E-state index < -0.39 is 6.10 Å². The lowest BCUT2D eigenvalue weighted by Gasteiger charge is -2.28. The highest BCUT2D eigenvalue weighted by Crippen LogP contribution is 2.13. The number of rotatable bonds is 5. The minimum atomic E-state index is -0.408. The number of aliphatic hydroxyl groups is 1. The molecule has 1 aromatic rings. The summed E-state index contributed by atoms with van der Waals surface area (Å²) in [4.78, 5) is 20.4. The van der Waals surface area contributed by atoms with Gasteiger partial charge in [-0.15, -0.1) is 0 Å². The van der Waals surface area contributed by atoms with Gasteiger partial charge in [0.2, 0.25) is 0 Å². The Morgan fingerprint density at radius 3 is 2.95 bits per heavy atom. The van der Waals surface area contributed by atoms with E-state index in [-0.39, 0.29) is 5.56 Å². The number of aromatic amines is 1. The lowest BCUT2D eigenvalue weighted by molar-refractivity contribution is 0.121. The Morgan fingerprint density at radius 2 is 2.26 bits per heavy atom. The molecule has 1 saturated heterocycles. The fraction of sp³-hybridized carbons (Fsp3) is 0.667. The monoisotopic (exact) mass is 284 g/mol. The first-order valence-electron chi connectivity index (χ1n) is 6.45. The predicted molar refractivity (Wildman–Crippen MR) is 75.6 cm³/mol. The summed E-state index contributed by atoms with van der Waals surface area (Å²) in [6.45, 7) is 6.36. The van der Waals surface area contributed by atoms with Gasteiger partial charge in [-0.1, -0.05) is 11.8 Å². The van der Waals surface area contributed by atoms with Crippen LogP contribution in [0.25, 0.3) is 0 Å². The molecule has 1 unspecified atom stereocenters. The summed E-state index contributed by atoms with van der Waals surface area (Å²) < 4.78 is 0. The van der Waals surface area contributed by atoms with E-state index in [1.165, 1.54) is 17.8 Å². The SMILES string of the molecule is Cc1cc(=O)[nH]c(SCC(O)CN2CCNCC2)n1. The van der Waals surface area contributed by atoms with Crippen LogP contribution in [-0.4, -0.2) is 64.6 Å². The molecule has 2 heterocycles. The van der Waals surface area contributed by atoms with Crippen molar-refractivity contribution in [2.45, 2.75) is 18.2 Å². The number of aromatic nitrogens is 2. The van der Waals surface area contributed by atoms with Crippen LogP contribution in [-0.2, 0) is 0 Å². The zero-order valence-electron chi connectivity index (χ0n) is 11.1. The standard InChI is InChI=1S/C12H20N4O2S/c1-9-6-11(18)15-12(14-9)19-8-10(17)7-16-4-2-13-3-5-16/h6,10,13,17H,2-5,7-8H2,1H3,(H,14,15,18). The van der Waals surface area contributed by atoms with Gasteiger partial charge in [0, 0.05) is 50.2 Å². The number of aryl methyl sites for hydroxylation is 1. The molecule has 3 N–H and O–H groups in total. The fourth-order valence-electron chi connectivity index (χ4n) is 2.04. The van der Waals surface area contributed by atoms with Crippen molar-refractivity contribution in [1.29, 1.82) is 0 Å². The summed E-state index contributed by atoms with van der Waals surface area (Å²) in [5.74, 6) is 0.538. The molecule has 1 aliphatic heterocycles. The van der Waals surface area contributed by atoms with Crippen LogP contribution in [0.3, 0.4) is 0 Å². The third-order valence-corrected chi connectivity index (χ3v) is 3.96. The van der Waals surface area contributed by atoms with Gasteiger partial charge < -0.3 is 15.4 Å². The van der Waals surface area contributed by atoms with Crippen LogP contribution in [0, 0.1) is 6.92 Å². The Hall–Kier alpha value is -0.890. The van der Waals surface area contributed by atoms with Crippen LogP contribution in [0.4, 0.5) is 0 Å². The molecule has 19 heavy (non-hydrogen) atoms. The molecule has 2 rings (SSSR count). The summed E-state index contributed by atoms with van der Waals surface area (Å²) in [5.41, 5.74) is 0.550. The number of nitrogens with one attached hydrogen (secondary N) is 2. The topological polar surface area (TPSA) is 81.2 Å². The first kappa shape index (κ1) is 14.5. The zero-order valence-corrected chi connectivity index (χ0v) is 11.9. The quantitative estimate of drug-likeness (QED) is 0.497. The van der Waals surface area contributed by atoms with E-state index in [1.807, 2.05) is 0 Å². The molecule has 0 radical (unpaired) electrons. The molecule has 0 amide bonds. The Morgan fingerprint density at radius 1 is 1.53 bits per heavy atom. The van der Waals surface area contributed by atoms with Crippen molar-refractivity contribution in [3.05, 3.63) is 22.1 Å². The maximum atomic E-state index is 11.3. The molecule has 0 aromatic carbocycles. The molecule has 0 saturated carbocycles. The van der Waals surface area contributed by atoms with Gasteiger partial charge in [-0.05, 0) is 6.92 Å². The molecule has 106 valence electrons. The van der Waals surface area contributed by atoms with Crippen LogP contribution in [0.2, 0.25) is 0 Å². The number of β-amino-alcohol motifs (C(OH)–C–C–N with tert-alkyl or cyclic N) is 1. The van der Waals surface area contributed by atoms with Crippen LogP contribution in [0.1, 0.15) is 5.69 Å². The number of piperazine rings is 1. The van der Waals surface area contributed by atoms with Crippen LogP contribution < -0.4 is 10.9 Å². The van der Waals surface area contributed by atoms with Crippen molar-refractivity contribution in [3.63, 3.8) is 0 Å². The lowest BCUT2D eigenvalue weighted by atomic mass is 10.3. The molecule has 1 fully saturated rings. The summed E-state index contributed by atoms with van der Waals surface area (Å²) >= 11 is 1.39. The summed E-state index contributed by atoms with van der Waals surface area (Å²) in [7, 11) is 0. The molecule has 1 aromatic heterocycles. The number of H-pyrrole nitrogens is 1. The number of thioether (sulfide) groups is 1. The number of nitrogens with zero attached hydrogens (tertiary/aromatic N) is 2. The Bertz CT molecular complexity index is 459. The van der Waals surface area contributed by atoms with Crippen molar-refractivity contribution in [2.24, 2.45) is 0 Å². The second-order valence-corrected chi connectivity index (χ2v) is 5.72. The van der Waals surface area contributed by atoms with Gasteiger partial charge in [0.15, 0.2) is 5.16 Å². The summed E-state index contributed by atoms with van der Waals surface area (Å²) in [5, 5.41) is 13.9. The second kappa shape index (κ2) is 7.04. The van der Waals surface area contributed by atoms with Gasteiger partial charge in [0.1, 0.15) is 0 Å². The molecule has 7 heteroatoms. The number of hydrogen-bond acceptors (Lipinski definition) is 6. The Balaban J connectivity index is 1.79. The van der Waals surface area contributed by atoms with Crippen LogP contribution >= 0.6 is 11.8 Å². The third-order valence-electron chi connectivity index (χ3n) is 2.94. The average molecular weight is 284 g/mol. The molecule has 0 aliphatic carbocycles. The Kier molecular flexibility index (Phi) is 5.38. The second-order valence-electron chi connectivity index (χ2n) is 4.71. The van der Waals surface area contributed by atoms with Gasteiger partial charge >= 0.3 is 0 Å². The predicted octanol–water partition coefficient (Wildman–Crippen LogP) is -0.563. The fourth-order valence-corrected chi connectivity index (χ4v) is 2.88. The van der Waals surface area contributed by atoms with E-state index in [2.05, 4.69) is 20.2 Å². The van der Waals surface area contributed by atoms with Gasteiger partial charge in [0.05, 0.1) is 6.10 Å². The van der Waals surface area contributed by atoms with Crippen molar-refractivity contribution in [2.75, 3.05) is 38.5 Å². The lowest BCUT2D eigenvalue weighted by Crippen LogP contribution is -2.46. The first-order valence-corrected chi connectivity index (χ1v) is 7.44. The maximum absolute atomic E-state index is 11.3. The smallest absolute Gasteiger partial charge is 0.251 e. The van der Waals surface area contributed by atoms with Gasteiger partial charge in [-0.2, -0.15) is 0 Å². The van der Waals surface area contributed by atoms with E-state index in [0.717, 1.165) is 26.2 Å². The summed E-state index contributed by atoms with van der Waals surface area (Å²) in [6, 6.07) is 1.46. The molecule has 1 atom stereocenters. The van der Waals surface area contributed by atoms with Crippen molar-refractivity contribution in [1.82, 2.24) is 20.2 Å². The maximum Gasteiger partial charge on any atom is 0.251 e. The summed E-state index contributed by atoms with van der Waals surface area (Å²) in [6.07, 6.45) is -0.408. The molecule has 6 nitrogen and oxygen atoms in total. The normalized spacial score (nSPS) is 18.4. The van der Waals surface area contributed by atoms with E-state index in [1.54, 1.807) is 6.92 Å². The minimum absolute atomic E-state index is 0.147. The Labute approximate surface area is 116 Å². The zero-order chi connectivity index (χ0) is 13.7. The average Bonchev–Trinajstić information content (AvgIpc) is 2.36. The minimum Gasteiger partial charge on any atom is -0.391 e. The van der Waals surface area contributed by atoms with Crippen molar-refractivity contribution in [3.8, 4) is 0 Å². The highest BCUT2D eigenvalue weighted by Gasteiger charge is 2.14. The molecule has 1 aliphatic rings. The van der Waals surface area contributed by atoms with E-state index in [9.17, 15) is 9.90 Å². The van der Waals surface area contributed by atoms with Gasteiger partial charge in [-0.25, -0.2) is 4.98 Å².